The number of halogens is 2. The second-order valence-corrected chi connectivity index (χ2v) is 5.16. The van der Waals surface area contributed by atoms with Gasteiger partial charge in [0.2, 0.25) is 0 Å². The molecule has 0 saturated heterocycles. The van der Waals surface area contributed by atoms with Crippen molar-refractivity contribution in [2.75, 3.05) is 18.5 Å². The smallest absolute Gasteiger partial charge is 0.258 e. The van der Waals surface area contributed by atoms with E-state index in [4.69, 9.17) is 10.5 Å². The average Bonchev–Trinajstić information content (AvgIpc) is 2.45. The van der Waals surface area contributed by atoms with Gasteiger partial charge in [0.1, 0.15) is 18.2 Å². The van der Waals surface area contributed by atoms with Crippen LogP contribution >= 0.6 is 15.9 Å². The van der Waals surface area contributed by atoms with E-state index in [1.807, 2.05) is 0 Å². The highest BCUT2D eigenvalue weighted by molar-refractivity contribution is 9.10. The van der Waals surface area contributed by atoms with Crippen molar-refractivity contribution >= 4 is 27.5 Å². The predicted molar refractivity (Wildman–Crippen MR) is 83.0 cm³/mol. The second-order valence-electron chi connectivity index (χ2n) is 4.24. The SMILES string of the molecule is NCCOc1cccc(NC(=O)c2ccc(Br)cc2F)c1. The minimum absolute atomic E-state index is 0.0218. The lowest BCUT2D eigenvalue weighted by atomic mass is 10.2. The lowest BCUT2D eigenvalue weighted by Crippen LogP contribution is -2.14. The Morgan fingerprint density at radius 1 is 1.29 bits per heavy atom. The maximum Gasteiger partial charge on any atom is 0.258 e. The lowest BCUT2D eigenvalue weighted by molar-refractivity contribution is 0.102. The number of hydrogen-bond acceptors (Lipinski definition) is 3. The van der Waals surface area contributed by atoms with Gasteiger partial charge in [0.05, 0.1) is 5.56 Å². The van der Waals surface area contributed by atoms with Crippen LogP contribution in [0.25, 0.3) is 0 Å². The molecule has 0 saturated carbocycles. The number of anilines is 1. The van der Waals surface area contributed by atoms with Crippen molar-refractivity contribution in [2.45, 2.75) is 0 Å². The molecule has 6 heteroatoms. The Bertz CT molecular complexity index is 649. The number of nitrogens with one attached hydrogen (secondary N) is 1. The fourth-order valence-corrected chi connectivity index (χ4v) is 2.05. The van der Waals surface area contributed by atoms with Gasteiger partial charge in [-0.2, -0.15) is 0 Å². The van der Waals surface area contributed by atoms with Gasteiger partial charge in [-0.05, 0) is 30.3 Å². The number of rotatable bonds is 5. The number of benzene rings is 2. The quantitative estimate of drug-likeness (QED) is 0.868. The zero-order chi connectivity index (χ0) is 15.2. The number of ether oxygens (including phenoxy) is 1. The summed E-state index contributed by atoms with van der Waals surface area (Å²) in [5.74, 6) is -0.511. The third kappa shape index (κ3) is 4.27. The first-order valence-electron chi connectivity index (χ1n) is 6.29. The fourth-order valence-electron chi connectivity index (χ4n) is 1.71. The Labute approximate surface area is 130 Å². The molecule has 0 radical (unpaired) electrons. The summed E-state index contributed by atoms with van der Waals surface area (Å²) >= 11 is 3.15. The van der Waals surface area contributed by atoms with Crippen LogP contribution in [0.3, 0.4) is 0 Å². The molecule has 0 aliphatic rings. The Morgan fingerprint density at radius 3 is 2.81 bits per heavy atom. The highest BCUT2D eigenvalue weighted by Gasteiger charge is 2.12. The minimum Gasteiger partial charge on any atom is -0.492 e. The molecule has 2 rings (SSSR count). The van der Waals surface area contributed by atoms with Gasteiger partial charge >= 0.3 is 0 Å². The Morgan fingerprint density at radius 2 is 2.10 bits per heavy atom. The largest absolute Gasteiger partial charge is 0.492 e. The lowest BCUT2D eigenvalue weighted by Gasteiger charge is -2.09. The second kappa shape index (κ2) is 7.19. The topological polar surface area (TPSA) is 64.3 Å². The molecule has 4 nitrogen and oxygen atoms in total. The summed E-state index contributed by atoms with van der Waals surface area (Å²) < 4.78 is 19.7. The maximum absolute atomic E-state index is 13.7. The zero-order valence-corrected chi connectivity index (χ0v) is 12.7. The van der Waals surface area contributed by atoms with E-state index in [2.05, 4.69) is 21.2 Å². The van der Waals surface area contributed by atoms with Crippen molar-refractivity contribution in [1.82, 2.24) is 0 Å². The summed E-state index contributed by atoms with van der Waals surface area (Å²) in [6.45, 7) is 0.791. The summed E-state index contributed by atoms with van der Waals surface area (Å²) in [5, 5.41) is 2.63. The molecule has 2 aromatic carbocycles. The summed E-state index contributed by atoms with van der Waals surface area (Å²) in [7, 11) is 0. The molecule has 21 heavy (non-hydrogen) atoms. The van der Waals surface area contributed by atoms with Crippen molar-refractivity contribution in [2.24, 2.45) is 5.73 Å². The minimum atomic E-state index is -0.586. The van der Waals surface area contributed by atoms with Crippen molar-refractivity contribution in [3.63, 3.8) is 0 Å². The van der Waals surface area contributed by atoms with Gasteiger partial charge in [-0.1, -0.05) is 22.0 Å². The van der Waals surface area contributed by atoms with Crippen LogP contribution in [-0.4, -0.2) is 19.1 Å². The first-order chi connectivity index (χ1) is 10.1. The van der Waals surface area contributed by atoms with Crippen LogP contribution in [0.15, 0.2) is 46.9 Å². The summed E-state index contributed by atoms with van der Waals surface area (Å²) in [5.41, 5.74) is 5.86. The molecule has 3 N–H and O–H groups in total. The first-order valence-corrected chi connectivity index (χ1v) is 7.09. The van der Waals surface area contributed by atoms with E-state index < -0.39 is 11.7 Å². The number of amides is 1. The van der Waals surface area contributed by atoms with Crippen LogP contribution < -0.4 is 15.8 Å². The van der Waals surface area contributed by atoms with Crippen molar-refractivity contribution < 1.29 is 13.9 Å². The molecular weight excluding hydrogens is 339 g/mol. The monoisotopic (exact) mass is 352 g/mol. The predicted octanol–water partition coefficient (Wildman–Crippen LogP) is 3.18. The molecular formula is C15H14BrFN2O2. The molecule has 0 aliphatic heterocycles. The van der Waals surface area contributed by atoms with E-state index in [9.17, 15) is 9.18 Å². The molecule has 0 bridgehead atoms. The molecule has 110 valence electrons. The van der Waals surface area contributed by atoms with Crippen molar-refractivity contribution in [1.29, 1.82) is 0 Å². The van der Waals surface area contributed by atoms with Gasteiger partial charge in [0.25, 0.3) is 5.91 Å². The van der Waals surface area contributed by atoms with E-state index in [1.165, 1.54) is 12.1 Å². The van der Waals surface area contributed by atoms with E-state index in [0.717, 1.165) is 0 Å². The summed E-state index contributed by atoms with van der Waals surface area (Å²) in [6.07, 6.45) is 0. The van der Waals surface area contributed by atoms with Crippen LogP contribution in [0, 0.1) is 5.82 Å². The van der Waals surface area contributed by atoms with Gasteiger partial charge < -0.3 is 15.8 Å². The fraction of sp³-hybridized carbons (Fsp3) is 0.133. The zero-order valence-electron chi connectivity index (χ0n) is 11.1. The number of carbonyl (C=O) groups is 1. The molecule has 0 unspecified atom stereocenters. The van der Waals surface area contributed by atoms with Crippen LogP contribution in [0.5, 0.6) is 5.75 Å². The molecule has 0 aliphatic carbocycles. The summed E-state index contributed by atoms with van der Waals surface area (Å²) in [6, 6.07) is 11.1. The highest BCUT2D eigenvalue weighted by Crippen LogP contribution is 2.20. The first kappa shape index (κ1) is 15.5. The van der Waals surface area contributed by atoms with Gasteiger partial charge in [-0.25, -0.2) is 4.39 Å². The Hall–Kier alpha value is -1.92. The van der Waals surface area contributed by atoms with Crippen molar-refractivity contribution in [3.05, 3.63) is 58.3 Å². The van der Waals surface area contributed by atoms with E-state index in [1.54, 1.807) is 30.3 Å². The normalized spacial score (nSPS) is 10.2. The van der Waals surface area contributed by atoms with Gasteiger partial charge in [-0.3, -0.25) is 4.79 Å². The molecule has 0 atom stereocenters. The number of hydrogen-bond donors (Lipinski definition) is 2. The maximum atomic E-state index is 13.7. The van der Waals surface area contributed by atoms with E-state index in [-0.39, 0.29) is 5.56 Å². The average molecular weight is 353 g/mol. The third-order valence-electron chi connectivity index (χ3n) is 2.65. The van der Waals surface area contributed by atoms with Crippen LogP contribution in [0.1, 0.15) is 10.4 Å². The molecule has 0 spiro atoms. The van der Waals surface area contributed by atoms with Gasteiger partial charge in [-0.15, -0.1) is 0 Å². The standard InChI is InChI=1S/C15H14BrFN2O2/c16-10-4-5-13(14(17)8-10)15(20)19-11-2-1-3-12(9-11)21-7-6-18/h1-5,8-9H,6-7,18H2,(H,19,20). The molecule has 0 heterocycles. The van der Waals surface area contributed by atoms with E-state index in [0.29, 0.717) is 29.1 Å². The molecule has 0 aromatic heterocycles. The van der Waals surface area contributed by atoms with Crippen molar-refractivity contribution in [3.8, 4) is 5.75 Å². The van der Waals surface area contributed by atoms with Gasteiger partial charge in [0, 0.05) is 22.8 Å². The van der Waals surface area contributed by atoms with Crippen LogP contribution in [0.2, 0.25) is 0 Å². The Balaban J connectivity index is 2.12. The molecule has 2 aromatic rings. The molecule has 0 fully saturated rings. The van der Waals surface area contributed by atoms with Crippen LogP contribution in [0.4, 0.5) is 10.1 Å². The number of carbonyl (C=O) groups excluding carboxylic acids is 1. The third-order valence-corrected chi connectivity index (χ3v) is 3.15. The number of nitrogens with two attached hydrogens (primary N) is 1. The van der Waals surface area contributed by atoms with Gasteiger partial charge in [0.15, 0.2) is 0 Å². The highest BCUT2D eigenvalue weighted by atomic mass is 79.9. The van der Waals surface area contributed by atoms with E-state index >= 15 is 0 Å². The molecule has 1 amide bonds. The summed E-state index contributed by atoms with van der Waals surface area (Å²) in [4.78, 5) is 12.0. The Kier molecular flexibility index (Phi) is 5.30. The van der Waals surface area contributed by atoms with Crippen LogP contribution in [-0.2, 0) is 0 Å².